The van der Waals surface area contributed by atoms with E-state index in [4.69, 9.17) is 0 Å². The van der Waals surface area contributed by atoms with E-state index in [1.54, 1.807) is 0 Å². The molecule has 2 amide bonds. The Morgan fingerprint density at radius 2 is 1.77 bits per heavy atom. The highest BCUT2D eigenvalue weighted by atomic mass is 19.4. The monoisotopic (exact) mass is 371 g/mol. The second-order valence-corrected chi connectivity index (χ2v) is 6.78. The molecule has 0 saturated carbocycles. The molecule has 0 aliphatic carbocycles. The van der Waals surface area contributed by atoms with Gasteiger partial charge in [-0.1, -0.05) is 12.1 Å². The molecule has 1 aliphatic heterocycles. The molecular weight excluding hydrogens is 347 g/mol. The molecule has 0 aromatic heterocycles. The van der Waals surface area contributed by atoms with Gasteiger partial charge in [-0.05, 0) is 57.8 Å². The van der Waals surface area contributed by atoms with Gasteiger partial charge >= 0.3 is 18.0 Å². The number of hydrogen-bond acceptors (Lipinski definition) is 3. The first-order chi connectivity index (χ1) is 12.2. The Bertz CT molecular complexity index is 639. The molecule has 144 valence electrons. The van der Waals surface area contributed by atoms with Gasteiger partial charge in [0.1, 0.15) is 0 Å². The lowest BCUT2D eigenvalue weighted by molar-refractivity contribution is -0.138. The summed E-state index contributed by atoms with van der Waals surface area (Å²) in [6.07, 6.45) is -2.78. The lowest BCUT2D eigenvalue weighted by atomic mass is 9.96. The molecule has 0 bridgehead atoms. The van der Waals surface area contributed by atoms with Crippen LogP contribution in [0.25, 0.3) is 0 Å². The van der Waals surface area contributed by atoms with Gasteiger partial charge in [0, 0.05) is 12.6 Å². The summed E-state index contributed by atoms with van der Waals surface area (Å²) in [6, 6.07) is 5.05. The number of amides is 2. The normalized spacial score (nSPS) is 16.5. The van der Waals surface area contributed by atoms with Crippen LogP contribution in [0.4, 0.5) is 18.9 Å². The van der Waals surface area contributed by atoms with Crippen molar-refractivity contribution in [3.8, 4) is 0 Å². The largest absolute Gasteiger partial charge is 0.418 e. The highest BCUT2D eigenvalue weighted by Gasteiger charge is 2.34. The predicted molar refractivity (Wildman–Crippen MR) is 92.5 cm³/mol. The number of para-hydroxylation sites is 1. The molecule has 0 unspecified atom stereocenters. The van der Waals surface area contributed by atoms with Crippen molar-refractivity contribution in [2.24, 2.45) is 5.92 Å². The first-order valence-electron chi connectivity index (χ1n) is 8.68. The molecule has 8 heteroatoms. The number of rotatable bonds is 4. The van der Waals surface area contributed by atoms with Gasteiger partial charge in [-0.25, -0.2) is 0 Å². The Hall–Kier alpha value is -2.09. The first-order valence-corrected chi connectivity index (χ1v) is 8.68. The average Bonchev–Trinajstić information content (AvgIpc) is 2.59. The molecule has 1 aliphatic rings. The molecule has 1 aromatic carbocycles. The SMILES string of the molecule is CC(C)N1CCC(CNC(=O)C(=O)Nc2ccccc2C(F)(F)F)CC1. The van der Waals surface area contributed by atoms with Crippen LogP contribution in [0.15, 0.2) is 24.3 Å². The van der Waals surface area contributed by atoms with Crippen LogP contribution in [-0.2, 0) is 15.8 Å². The fraction of sp³-hybridized carbons (Fsp3) is 0.556. The van der Waals surface area contributed by atoms with Gasteiger partial charge in [0.15, 0.2) is 0 Å². The average molecular weight is 371 g/mol. The maximum atomic E-state index is 12.9. The van der Waals surface area contributed by atoms with Crippen molar-refractivity contribution >= 4 is 17.5 Å². The number of hydrogen-bond donors (Lipinski definition) is 2. The highest BCUT2D eigenvalue weighted by Crippen LogP contribution is 2.34. The van der Waals surface area contributed by atoms with E-state index in [0.29, 0.717) is 12.6 Å². The molecule has 0 atom stereocenters. The predicted octanol–water partition coefficient (Wildman–Crippen LogP) is 2.88. The van der Waals surface area contributed by atoms with E-state index >= 15 is 0 Å². The van der Waals surface area contributed by atoms with Gasteiger partial charge in [0.25, 0.3) is 0 Å². The van der Waals surface area contributed by atoms with E-state index in [9.17, 15) is 22.8 Å². The highest BCUT2D eigenvalue weighted by molar-refractivity contribution is 6.39. The van der Waals surface area contributed by atoms with Crippen molar-refractivity contribution in [3.05, 3.63) is 29.8 Å². The Morgan fingerprint density at radius 3 is 2.35 bits per heavy atom. The topological polar surface area (TPSA) is 61.4 Å². The molecule has 5 nitrogen and oxygen atoms in total. The molecule has 1 fully saturated rings. The number of carbonyl (C=O) groups excluding carboxylic acids is 2. The molecule has 2 N–H and O–H groups in total. The maximum Gasteiger partial charge on any atom is 0.418 e. The van der Waals surface area contributed by atoms with Gasteiger partial charge in [-0.3, -0.25) is 9.59 Å². The van der Waals surface area contributed by atoms with E-state index in [0.717, 1.165) is 38.1 Å². The van der Waals surface area contributed by atoms with Crippen molar-refractivity contribution in [2.45, 2.75) is 38.9 Å². The van der Waals surface area contributed by atoms with Crippen LogP contribution in [0.3, 0.4) is 0 Å². The van der Waals surface area contributed by atoms with E-state index in [1.165, 1.54) is 12.1 Å². The standard InChI is InChI=1S/C18H24F3N3O2/c1-12(2)24-9-7-13(8-10-24)11-22-16(25)17(26)23-15-6-4-3-5-14(15)18(19,20)21/h3-6,12-13H,7-11H2,1-2H3,(H,22,25)(H,23,26). The third-order valence-electron chi connectivity index (χ3n) is 4.62. The Balaban J connectivity index is 1.85. The Labute approximate surface area is 150 Å². The summed E-state index contributed by atoms with van der Waals surface area (Å²) in [7, 11) is 0. The van der Waals surface area contributed by atoms with Gasteiger partial charge < -0.3 is 15.5 Å². The molecule has 1 heterocycles. The fourth-order valence-electron chi connectivity index (χ4n) is 3.01. The zero-order valence-corrected chi connectivity index (χ0v) is 14.9. The number of benzene rings is 1. The third-order valence-corrected chi connectivity index (χ3v) is 4.62. The quantitative estimate of drug-likeness (QED) is 0.800. The number of halogens is 3. The minimum absolute atomic E-state index is 0.268. The number of piperidine rings is 1. The first kappa shape index (κ1) is 20.2. The van der Waals surface area contributed by atoms with Crippen LogP contribution in [0.1, 0.15) is 32.3 Å². The second kappa shape index (κ2) is 8.53. The van der Waals surface area contributed by atoms with Crippen LogP contribution >= 0.6 is 0 Å². The van der Waals surface area contributed by atoms with E-state index in [2.05, 4.69) is 24.1 Å². The minimum atomic E-state index is -4.61. The van der Waals surface area contributed by atoms with E-state index < -0.39 is 29.2 Å². The van der Waals surface area contributed by atoms with Crippen molar-refractivity contribution < 1.29 is 22.8 Å². The van der Waals surface area contributed by atoms with Gasteiger partial charge in [-0.15, -0.1) is 0 Å². The summed E-state index contributed by atoms with van der Waals surface area (Å²) in [6.45, 7) is 6.47. The Kier molecular flexibility index (Phi) is 6.63. The van der Waals surface area contributed by atoms with Crippen molar-refractivity contribution in [1.29, 1.82) is 0 Å². The molecule has 1 saturated heterocycles. The summed E-state index contributed by atoms with van der Waals surface area (Å²) in [5.74, 6) is -1.75. The van der Waals surface area contributed by atoms with Crippen molar-refractivity contribution in [3.63, 3.8) is 0 Å². The summed E-state index contributed by atoms with van der Waals surface area (Å²) < 4.78 is 38.8. The van der Waals surface area contributed by atoms with E-state index in [-0.39, 0.29) is 5.92 Å². The number of nitrogens with one attached hydrogen (secondary N) is 2. The number of anilines is 1. The van der Waals surface area contributed by atoms with Crippen molar-refractivity contribution in [1.82, 2.24) is 10.2 Å². The number of alkyl halides is 3. The zero-order valence-electron chi connectivity index (χ0n) is 14.9. The molecule has 0 spiro atoms. The van der Waals surface area contributed by atoms with Gasteiger partial charge in [0.2, 0.25) is 0 Å². The fourth-order valence-corrected chi connectivity index (χ4v) is 3.01. The zero-order chi connectivity index (χ0) is 19.3. The Morgan fingerprint density at radius 1 is 1.15 bits per heavy atom. The van der Waals surface area contributed by atoms with Gasteiger partial charge in [0.05, 0.1) is 11.3 Å². The number of likely N-dealkylation sites (tertiary alicyclic amines) is 1. The van der Waals surface area contributed by atoms with Crippen LogP contribution < -0.4 is 10.6 Å². The molecular formula is C18H24F3N3O2. The van der Waals surface area contributed by atoms with Gasteiger partial charge in [-0.2, -0.15) is 13.2 Å². The number of nitrogens with zero attached hydrogens (tertiary/aromatic N) is 1. The summed E-state index contributed by atoms with van der Waals surface area (Å²) >= 11 is 0. The molecule has 1 aromatic rings. The molecule has 2 rings (SSSR count). The third kappa shape index (κ3) is 5.45. The molecule has 26 heavy (non-hydrogen) atoms. The smallest absolute Gasteiger partial charge is 0.348 e. The minimum Gasteiger partial charge on any atom is -0.348 e. The lowest BCUT2D eigenvalue weighted by Gasteiger charge is -2.34. The molecule has 0 radical (unpaired) electrons. The van der Waals surface area contributed by atoms with E-state index in [1.807, 2.05) is 5.32 Å². The summed E-state index contributed by atoms with van der Waals surface area (Å²) in [5.41, 5.74) is -1.41. The van der Waals surface area contributed by atoms with Crippen LogP contribution in [0.5, 0.6) is 0 Å². The van der Waals surface area contributed by atoms with Crippen LogP contribution in [0, 0.1) is 5.92 Å². The van der Waals surface area contributed by atoms with Crippen molar-refractivity contribution in [2.75, 3.05) is 25.0 Å². The maximum absolute atomic E-state index is 12.9. The summed E-state index contributed by atoms with van der Waals surface area (Å²) in [4.78, 5) is 26.2. The van der Waals surface area contributed by atoms with Crippen LogP contribution in [-0.4, -0.2) is 42.4 Å². The summed E-state index contributed by atoms with van der Waals surface area (Å²) in [5, 5.41) is 4.57. The second-order valence-electron chi connectivity index (χ2n) is 6.78. The lowest BCUT2D eigenvalue weighted by Crippen LogP contribution is -2.43. The number of carbonyl (C=O) groups is 2. The van der Waals surface area contributed by atoms with Crippen LogP contribution in [0.2, 0.25) is 0 Å².